The molecular formula is C18H28N4O. The van der Waals surface area contributed by atoms with Crippen LogP contribution in [0.4, 0.5) is 0 Å². The first-order chi connectivity index (χ1) is 11.1. The molecule has 2 N–H and O–H groups in total. The van der Waals surface area contributed by atoms with Crippen LogP contribution in [-0.2, 0) is 11.3 Å². The van der Waals surface area contributed by atoms with Crippen molar-refractivity contribution in [2.45, 2.75) is 24.9 Å². The van der Waals surface area contributed by atoms with Crippen molar-refractivity contribution in [2.75, 3.05) is 46.3 Å². The van der Waals surface area contributed by atoms with E-state index in [1.165, 1.54) is 5.56 Å². The number of amides is 1. The zero-order valence-corrected chi connectivity index (χ0v) is 14.1. The molecule has 5 nitrogen and oxygen atoms in total. The van der Waals surface area contributed by atoms with Crippen LogP contribution in [0.5, 0.6) is 0 Å². The van der Waals surface area contributed by atoms with Crippen LogP contribution in [0, 0.1) is 0 Å². The van der Waals surface area contributed by atoms with Gasteiger partial charge in [-0.1, -0.05) is 30.3 Å². The topological polar surface area (TPSA) is 52.8 Å². The average Bonchev–Trinajstić information content (AvgIpc) is 3.33. The van der Waals surface area contributed by atoms with E-state index in [4.69, 9.17) is 5.73 Å². The molecule has 1 heterocycles. The molecule has 2 fully saturated rings. The minimum Gasteiger partial charge on any atom is -0.339 e. The van der Waals surface area contributed by atoms with Crippen LogP contribution < -0.4 is 5.73 Å². The maximum atomic E-state index is 12.2. The third kappa shape index (κ3) is 4.31. The van der Waals surface area contributed by atoms with Gasteiger partial charge in [-0.05, 0) is 25.5 Å². The van der Waals surface area contributed by atoms with E-state index in [9.17, 15) is 4.79 Å². The van der Waals surface area contributed by atoms with Gasteiger partial charge in [-0.3, -0.25) is 9.69 Å². The van der Waals surface area contributed by atoms with Gasteiger partial charge in [-0.25, -0.2) is 0 Å². The first kappa shape index (κ1) is 16.4. The van der Waals surface area contributed by atoms with Crippen molar-refractivity contribution in [3.8, 4) is 0 Å². The summed E-state index contributed by atoms with van der Waals surface area (Å²) in [5.74, 6) is 0.165. The van der Waals surface area contributed by atoms with Crippen LogP contribution >= 0.6 is 0 Å². The Bertz CT molecular complexity index is 521. The van der Waals surface area contributed by atoms with Gasteiger partial charge in [0.05, 0.1) is 5.54 Å². The number of nitrogens with zero attached hydrogens (tertiary/aromatic N) is 3. The van der Waals surface area contributed by atoms with E-state index >= 15 is 0 Å². The molecule has 0 aromatic heterocycles. The molecule has 1 aliphatic heterocycles. The summed E-state index contributed by atoms with van der Waals surface area (Å²) in [5, 5.41) is 0. The summed E-state index contributed by atoms with van der Waals surface area (Å²) in [4.78, 5) is 19.0. The van der Waals surface area contributed by atoms with Crippen molar-refractivity contribution in [3.05, 3.63) is 35.9 Å². The molecule has 1 amide bonds. The minimum absolute atomic E-state index is 0.165. The van der Waals surface area contributed by atoms with Gasteiger partial charge in [0.25, 0.3) is 0 Å². The minimum atomic E-state index is -0.516. The lowest BCUT2D eigenvalue weighted by Gasteiger charge is -2.36. The lowest BCUT2D eigenvalue weighted by molar-refractivity contribution is -0.135. The fourth-order valence-electron chi connectivity index (χ4n) is 3.12. The van der Waals surface area contributed by atoms with Gasteiger partial charge in [-0.2, -0.15) is 0 Å². The lowest BCUT2D eigenvalue weighted by Crippen LogP contribution is -2.54. The zero-order chi connectivity index (χ0) is 16.3. The van der Waals surface area contributed by atoms with Gasteiger partial charge in [0, 0.05) is 45.8 Å². The summed E-state index contributed by atoms with van der Waals surface area (Å²) in [6.07, 6.45) is 1.71. The number of carbonyl (C=O) groups excluding carboxylic acids is 1. The van der Waals surface area contributed by atoms with Crippen molar-refractivity contribution < 1.29 is 4.79 Å². The van der Waals surface area contributed by atoms with Crippen molar-refractivity contribution in [2.24, 2.45) is 5.73 Å². The van der Waals surface area contributed by atoms with Crippen molar-refractivity contribution in [3.63, 3.8) is 0 Å². The molecule has 0 atom stereocenters. The third-order valence-electron chi connectivity index (χ3n) is 4.97. The number of hydrogen-bond acceptors (Lipinski definition) is 4. The van der Waals surface area contributed by atoms with E-state index in [-0.39, 0.29) is 5.91 Å². The first-order valence-electron chi connectivity index (χ1n) is 8.60. The molecule has 1 saturated heterocycles. The van der Waals surface area contributed by atoms with E-state index in [0.29, 0.717) is 0 Å². The Morgan fingerprint density at radius 3 is 2.43 bits per heavy atom. The second-order valence-corrected chi connectivity index (χ2v) is 7.01. The third-order valence-corrected chi connectivity index (χ3v) is 4.97. The van der Waals surface area contributed by atoms with Crippen molar-refractivity contribution >= 4 is 5.91 Å². The number of piperazine rings is 1. The summed E-state index contributed by atoms with van der Waals surface area (Å²) >= 11 is 0. The van der Waals surface area contributed by atoms with Crippen LogP contribution in [0.2, 0.25) is 0 Å². The van der Waals surface area contributed by atoms with Gasteiger partial charge in [-0.15, -0.1) is 0 Å². The largest absolute Gasteiger partial charge is 0.339 e. The Kier molecular flexibility index (Phi) is 4.99. The SMILES string of the molecule is CN(CCN1CCN(C(=O)C2(N)CC2)CC1)Cc1ccccc1. The van der Waals surface area contributed by atoms with Crippen molar-refractivity contribution in [1.29, 1.82) is 0 Å². The molecule has 1 saturated carbocycles. The second kappa shape index (κ2) is 6.99. The van der Waals surface area contributed by atoms with Gasteiger partial charge in [0.15, 0.2) is 0 Å². The molecule has 1 aliphatic carbocycles. The Morgan fingerprint density at radius 1 is 1.17 bits per heavy atom. The number of hydrogen-bond donors (Lipinski definition) is 1. The van der Waals surface area contributed by atoms with Gasteiger partial charge < -0.3 is 15.5 Å². The van der Waals surface area contributed by atoms with Crippen LogP contribution in [0.15, 0.2) is 30.3 Å². The highest BCUT2D eigenvalue weighted by Gasteiger charge is 2.48. The normalized spacial score (nSPS) is 20.7. The number of nitrogens with two attached hydrogens (primary N) is 1. The molecule has 3 rings (SSSR count). The van der Waals surface area contributed by atoms with Crippen LogP contribution in [0.25, 0.3) is 0 Å². The van der Waals surface area contributed by atoms with E-state index in [1.807, 2.05) is 4.90 Å². The summed E-state index contributed by atoms with van der Waals surface area (Å²) in [6, 6.07) is 10.6. The fourth-order valence-corrected chi connectivity index (χ4v) is 3.12. The Morgan fingerprint density at radius 2 is 1.83 bits per heavy atom. The highest BCUT2D eigenvalue weighted by molar-refractivity contribution is 5.89. The van der Waals surface area contributed by atoms with Gasteiger partial charge in [0.2, 0.25) is 5.91 Å². The first-order valence-corrected chi connectivity index (χ1v) is 8.60. The van der Waals surface area contributed by atoms with Gasteiger partial charge in [0.1, 0.15) is 0 Å². The summed E-state index contributed by atoms with van der Waals surface area (Å²) in [5.41, 5.74) is 6.85. The molecule has 0 radical (unpaired) electrons. The molecule has 2 aliphatic rings. The van der Waals surface area contributed by atoms with E-state index in [1.54, 1.807) is 0 Å². The number of rotatable bonds is 6. The molecular weight excluding hydrogens is 288 g/mol. The smallest absolute Gasteiger partial charge is 0.242 e. The monoisotopic (exact) mass is 316 g/mol. The summed E-state index contributed by atoms with van der Waals surface area (Å²) in [6.45, 7) is 6.64. The molecule has 0 bridgehead atoms. The average molecular weight is 316 g/mol. The molecule has 23 heavy (non-hydrogen) atoms. The number of likely N-dealkylation sites (N-methyl/N-ethyl adjacent to an activating group) is 1. The van der Waals surface area contributed by atoms with Crippen LogP contribution in [0.3, 0.4) is 0 Å². The predicted octanol–water partition coefficient (Wildman–Crippen LogP) is 0.754. The Labute approximate surface area is 139 Å². The number of benzene rings is 1. The predicted molar refractivity (Wildman–Crippen MR) is 91.9 cm³/mol. The van der Waals surface area contributed by atoms with E-state index in [2.05, 4.69) is 47.2 Å². The van der Waals surface area contributed by atoms with Crippen LogP contribution in [0.1, 0.15) is 18.4 Å². The lowest BCUT2D eigenvalue weighted by atomic mass is 10.2. The van der Waals surface area contributed by atoms with Crippen molar-refractivity contribution in [1.82, 2.24) is 14.7 Å². The maximum absolute atomic E-state index is 12.2. The molecule has 5 heteroatoms. The summed E-state index contributed by atoms with van der Waals surface area (Å²) < 4.78 is 0. The summed E-state index contributed by atoms with van der Waals surface area (Å²) in [7, 11) is 2.16. The van der Waals surface area contributed by atoms with E-state index < -0.39 is 5.54 Å². The Hall–Kier alpha value is -1.43. The van der Waals surface area contributed by atoms with Gasteiger partial charge >= 0.3 is 0 Å². The second-order valence-electron chi connectivity index (χ2n) is 7.01. The van der Waals surface area contributed by atoms with E-state index in [0.717, 1.165) is 58.7 Å². The molecule has 0 spiro atoms. The molecule has 0 unspecified atom stereocenters. The molecule has 1 aromatic rings. The quantitative estimate of drug-likeness (QED) is 0.842. The molecule has 1 aromatic carbocycles. The number of carbonyl (C=O) groups is 1. The maximum Gasteiger partial charge on any atom is 0.242 e. The standard InChI is InChI=1S/C18H28N4O/c1-20(15-16-5-3-2-4-6-16)9-10-21-11-13-22(14-12-21)17(23)18(19)7-8-18/h2-6H,7-15,19H2,1H3. The zero-order valence-electron chi connectivity index (χ0n) is 14.1. The Balaban J connectivity index is 1.36. The molecule has 126 valence electrons. The highest BCUT2D eigenvalue weighted by atomic mass is 16.2. The van der Waals surface area contributed by atoms with Crippen LogP contribution in [-0.4, -0.2) is 72.5 Å². The fraction of sp³-hybridized carbons (Fsp3) is 0.611. The highest BCUT2D eigenvalue weighted by Crippen LogP contribution is 2.34.